The largest absolute Gasteiger partial charge is 0.490 e. The van der Waals surface area contributed by atoms with Gasteiger partial charge in [0.1, 0.15) is 0 Å². The van der Waals surface area contributed by atoms with Crippen LogP contribution in [-0.2, 0) is 0 Å². The van der Waals surface area contributed by atoms with Gasteiger partial charge in [0.05, 0.1) is 18.4 Å². The number of amides is 2. The second kappa shape index (κ2) is 12.8. The summed E-state index contributed by atoms with van der Waals surface area (Å²) in [6, 6.07) is 27.4. The van der Waals surface area contributed by atoms with Crippen LogP contribution in [0.1, 0.15) is 49.1 Å². The molecule has 0 unspecified atom stereocenters. The molecule has 4 aromatic rings. The molecule has 39 heavy (non-hydrogen) atoms. The van der Waals surface area contributed by atoms with E-state index in [0.29, 0.717) is 40.3 Å². The number of carbonyl (C=O) groups is 3. The number of hydrazone groups is 1. The Hall–Kier alpha value is -5.24. The Bertz CT molecular complexity index is 1520. The number of esters is 1. The first-order chi connectivity index (χ1) is 18.9. The third-order valence-electron chi connectivity index (χ3n) is 5.52. The van der Waals surface area contributed by atoms with Crippen molar-refractivity contribution in [3.8, 4) is 11.5 Å². The fraction of sp³-hybridized carbons (Fsp3) is 0.0968. The van der Waals surface area contributed by atoms with Crippen molar-refractivity contribution >= 4 is 29.7 Å². The molecule has 0 saturated heterocycles. The summed E-state index contributed by atoms with van der Waals surface area (Å²) in [6.07, 6.45) is 1.45. The fourth-order valence-corrected chi connectivity index (χ4v) is 3.65. The van der Waals surface area contributed by atoms with Crippen molar-refractivity contribution in [3.63, 3.8) is 0 Å². The quantitative estimate of drug-likeness (QED) is 0.129. The topological polar surface area (TPSA) is 106 Å². The van der Waals surface area contributed by atoms with Gasteiger partial charge in [-0.15, -0.1) is 0 Å². The lowest BCUT2D eigenvalue weighted by Crippen LogP contribution is -2.18. The molecule has 4 aromatic carbocycles. The molecule has 2 amide bonds. The van der Waals surface area contributed by atoms with Crippen LogP contribution < -0.4 is 20.2 Å². The molecule has 0 atom stereocenters. The second-order valence-electron chi connectivity index (χ2n) is 8.50. The Labute approximate surface area is 226 Å². The number of nitrogens with zero attached hydrogens (tertiary/aromatic N) is 1. The monoisotopic (exact) mass is 521 g/mol. The SMILES string of the molecule is CCOc1cc(C=NNC(=O)c2cccc(NC(=O)c3cccc(C)c3)c2)ccc1OC(=O)c1ccccc1. The number of carbonyl (C=O) groups excluding carboxylic acids is 3. The molecule has 2 N–H and O–H groups in total. The highest BCUT2D eigenvalue weighted by Gasteiger charge is 2.13. The molecular formula is C31H27N3O5. The van der Waals surface area contributed by atoms with E-state index in [-0.39, 0.29) is 11.7 Å². The molecule has 0 heterocycles. The number of aryl methyl sites for hydroxylation is 1. The normalized spacial score (nSPS) is 10.6. The first-order valence-electron chi connectivity index (χ1n) is 12.3. The summed E-state index contributed by atoms with van der Waals surface area (Å²) in [7, 11) is 0. The smallest absolute Gasteiger partial charge is 0.343 e. The second-order valence-corrected chi connectivity index (χ2v) is 8.50. The molecule has 8 nitrogen and oxygen atoms in total. The van der Waals surface area contributed by atoms with Gasteiger partial charge in [-0.2, -0.15) is 5.10 Å². The zero-order valence-corrected chi connectivity index (χ0v) is 21.5. The standard InChI is InChI=1S/C31H27N3O5/c1-3-38-28-18-22(15-16-27(28)39-31(37)23-10-5-4-6-11-23)20-32-34-30(36)25-13-8-14-26(19-25)33-29(35)24-12-7-9-21(2)17-24/h4-20H,3H2,1-2H3,(H,33,35)(H,34,36). The average molecular weight is 522 g/mol. The molecule has 0 aliphatic heterocycles. The summed E-state index contributed by atoms with van der Waals surface area (Å²) in [5, 5.41) is 6.83. The van der Waals surface area contributed by atoms with Gasteiger partial charge in [-0.1, -0.05) is 42.0 Å². The van der Waals surface area contributed by atoms with Gasteiger partial charge in [-0.25, -0.2) is 10.2 Å². The van der Waals surface area contributed by atoms with Crippen molar-refractivity contribution in [1.82, 2.24) is 5.43 Å². The maximum Gasteiger partial charge on any atom is 0.343 e. The van der Waals surface area contributed by atoms with Crippen LogP contribution >= 0.6 is 0 Å². The molecule has 0 aliphatic carbocycles. The third kappa shape index (κ3) is 7.39. The van der Waals surface area contributed by atoms with Crippen molar-refractivity contribution in [2.24, 2.45) is 5.10 Å². The summed E-state index contributed by atoms with van der Waals surface area (Å²) in [6.45, 7) is 4.10. The Morgan fingerprint density at radius 1 is 0.769 bits per heavy atom. The van der Waals surface area contributed by atoms with Crippen LogP contribution in [0, 0.1) is 6.92 Å². The summed E-state index contributed by atoms with van der Waals surface area (Å²) in [4.78, 5) is 37.6. The van der Waals surface area contributed by atoms with Crippen LogP contribution in [0.5, 0.6) is 11.5 Å². The van der Waals surface area contributed by atoms with E-state index in [4.69, 9.17) is 9.47 Å². The van der Waals surface area contributed by atoms with Gasteiger partial charge in [0.25, 0.3) is 11.8 Å². The molecule has 196 valence electrons. The van der Waals surface area contributed by atoms with E-state index in [9.17, 15) is 14.4 Å². The molecule has 0 saturated carbocycles. The maximum atomic E-state index is 12.6. The van der Waals surface area contributed by atoms with Gasteiger partial charge in [0.15, 0.2) is 11.5 Å². The Morgan fingerprint density at radius 2 is 1.49 bits per heavy atom. The van der Waals surface area contributed by atoms with Gasteiger partial charge >= 0.3 is 5.97 Å². The minimum Gasteiger partial charge on any atom is -0.490 e. The lowest BCUT2D eigenvalue weighted by atomic mass is 10.1. The number of benzene rings is 4. The van der Waals surface area contributed by atoms with E-state index in [1.807, 2.05) is 32.0 Å². The zero-order valence-electron chi connectivity index (χ0n) is 21.5. The van der Waals surface area contributed by atoms with Crippen LogP contribution in [-0.4, -0.2) is 30.6 Å². The van der Waals surface area contributed by atoms with Crippen LogP contribution in [0.2, 0.25) is 0 Å². The Balaban J connectivity index is 1.39. The van der Waals surface area contributed by atoms with Gasteiger partial charge in [0.2, 0.25) is 0 Å². The summed E-state index contributed by atoms with van der Waals surface area (Å²) < 4.78 is 11.1. The molecular weight excluding hydrogens is 494 g/mol. The predicted molar refractivity (Wildman–Crippen MR) is 150 cm³/mol. The van der Waals surface area contributed by atoms with Crippen molar-refractivity contribution in [1.29, 1.82) is 0 Å². The van der Waals surface area contributed by atoms with E-state index in [1.54, 1.807) is 78.9 Å². The molecule has 4 rings (SSSR count). The lowest BCUT2D eigenvalue weighted by molar-refractivity contribution is 0.0728. The van der Waals surface area contributed by atoms with E-state index >= 15 is 0 Å². The van der Waals surface area contributed by atoms with E-state index in [1.165, 1.54) is 6.21 Å². The number of ether oxygens (including phenoxy) is 2. The number of nitrogens with one attached hydrogen (secondary N) is 2. The highest BCUT2D eigenvalue weighted by atomic mass is 16.6. The molecule has 0 aromatic heterocycles. The molecule has 0 spiro atoms. The Morgan fingerprint density at radius 3 is 2.23 bits per heavy atom. The third-order valence-corrected chi connectivity index (χ3v) is 5.52. The van der Waals surface area contributed by atoms with Crippen LogP contribution in [0.15, 0.2) is 102 Å². The van der Waals surface area contributed by atoms with E-state index < -0.39 is 11.9 Å². The first kappa shape index (κ1) is 26.8. The maximum absolute atomic E-state index is 12.6. The number of anilines is 1. The number of hydrogen-bond donors (Lipinski definition) is 2. The first-order valence-corrected chi connectivity index (χ1v) is 12.3. The van der Waals surface area contributed by atoms with E-state index in [0.717, 1.165) is 5.56 Å². The van der Waals surface area contributed by atoms with Crippen molar-refractivity contribution in [2.75, 3.05) is 11.9 Å². The molecule has 0 radical (unpaired) electrons. The molecule has 0 bridgehead atoms. The Kier molecular flexibility index (Phi) is 8.82. The van der Waals surface area contributed by atoms with E-state index in [2.05, 4.69) is 15.8 Å². The zero-order chi connectivity index (χ0) is 27.6. The lowest BCUT2D eigenvalue weighted by Gasteiger charge is -2.11. The van der Waals surface area contributed by atoms with Crippen molar-refractivity contribution in [3.05, 3.63) is 125 Å². The molecule has 0 aliphatic rings. The summed E-state index contributed by atoms with van der Waals surface area (Å²) >= 11 is 0. The highest BCUT2D eigenvalue weighted by molar-refractivity contribution is 6.05. The van der Waals surface area contributed by atoms with Crippen LogP contribution in [0.3, 0.4) is 0 Å². The van der Waals surface area contributed by atoms with Crippen molar-refractivity contribution in [2.45, 2.75) is 13.8 Å². The van der Waals surface area contributed by atoms with Gasteiger partial charge in [0, 0.05) is 16.8 Å². The average Bonchev–Trinajstić information content (AvgIpc) is 2.95. The minimum absolute atomic E-state index is 0.266. The van der Waals surface area contributed by atoms with Crippen molar-refractivity contribution < 1.29 is 23.9 Å². The number of rotatable bonds is 9. The molecule has 8 heteroatoms. The molecule has 0 fully saturated rings. The van der Waals surface area contributed by atoms with Crippen LogP contribution in [0.4, 0.5) is 5.69 Å². The van der Waals surface area contributed by atoms with Gasteiger partial charge in [-0.3, -0.25) is 9.59 Å². The highest BCUT2D eigenvalue weighted by Crippen LogP contribution is 2.29. The minimum atomic E-state index is -0.498. The fourth-order valence-electron chi connectivity index (χ4n) is 3.65. The summed E-state index contributed by atoms with van der Waals surface area (Å²) in [5.74, 6) is -0.568. The predicted octanol–water partition coefficient (Wildman–Crippen LogP) is 5.63. The van der Waals surface area contributed by atoms with Crippen LogP contribution in [0.25, 0.3) is 0 Å². The number of hydrogen-bond acceptors (Lipinski definition) is 6. The van der Waals surface area contributed by atoms with Gasteiger partial charge in [-0.05, 0) is 80.1 Å². The summed E-state index contributed by atoms with van der Waals surface area (Å²) in [5.41, 5.74) is 5.84. The van der Waals surface area contributed by atoms with Gasteiger partial charge < -0.3 is 14.8 Å².